The van der Waals surface area contributed by atoms with Crippen molar-refractivity contribution in [3.63, 3.8) is 0 Å². The molecule has 0 aliphatic heterocycles. The first-order valence-corrected chi connectivity index (χ1v) is 8.96. The van der Waals surface area contributed by atoms with E-state index in [4.69, 9.17) is 5.11 Å². The summed E-state index contributed by atoms with van der Waals surface area (Å²) in [4.78, 5) is 11.6. The number of hydrogen-bond acceptors (Lipinski definition) is 4. The van der Waals surface area contributed by atoms with Crippen molar-refractivity contribution in [2.24, 2.45) is 0 Å². The lowest BCUT2D eigenvalue weighted by Gasteiger charge is -2.29. The van der Waals surface area contributed by atoms with E-state index < -0.39 is 0 Å². The largest absolute Gasteiger partial charge is 0.395 e. The van der Waals surface area contributed by atoms with Gasteiger partial charge in [-0.15, -0.1) is 0 Å². The number of aromatic nitrogens is 2. The molecule has 1 saturated carbocycles. The quantitative estimate of drug-likeness (QED) is 0.720. The predicted molar refractivity (Wildman–Crippen MR) is 97.4 cm³/mol. The molecule has 1 aliphatic rings. The van der Waals surface area contributed by atoms with Crippen LogP contribution in [0.15, 0.2) is 42.7 Å². The van der Waals surface area contributed by atoms with E-state index in [1.807, 2.05) is 6.20 Å². The summed E-state index contributed by atoms with van der Waals surface area (Å²) in [7, 11) is 0. The van der Waals surface area contributed by atoms with Gasteiger partial charge < -0.3 is 15.7 Å². The fourth-order valence-corrected chi connectivity index (χ4v) is 3.45. The van der Waals surface area contributed by atoms with Crippen molar-refractivity contribution >= 4 is 11.6 Å². The molecule has 3 N–H and O–H groups in total. The molecule has 1 amide bonds. The maximum absolute atomic E-state index is 11.6. The average Bonchev–Trinajstić information content (AvgIpc) is 3.08. The van der Waals surface area contributed by atoms with Gasteiger partial charge in [-0.2, -0.15) is 5.10 Å². The van der Waals surface area contributed by atoms with Gasteiger partial charge in [-0.05, 0) is 37.2 Å². The van der Waals surface area contributed by atoms with Crippen LogP contribution >= 0.6 is 0 Å². The summed E-state index contributed by atoms with van der Waals surface area (Å²) < 4.78 is 1.62. The summed E-state index contributed by atoms with van der Waals surface area (Å²) in [6, 6.07) is 11.2. The van der Waals surface area contributed by atoms with Crippen LogP contribution in [0.3, 0.4) is 0 Å². The highest BCUT2D eigenvalue weighted by Gasteiger charge is 2.22. The molecule has 6 heteroatoms. The van der Waals surface area contributed by atoms with E-state index in [-0.39, 0.29) is 25.6 Å². The Kier molecular flexibility index (Phi) is 6.06. The van der Waals surface area contributed by atoms with Gasteiger partial charge >= 0.3 is 0 Å². The zero-order chi connectivity index (χ0) is 17.5. The number of amides is 1. The maximum atomic E-state index is 11.6. The molecule has 1 aromatic carbocycles. The number of nitrogens with one attached hydrogen (secondary N) is 2. The first-order valence-electron chi connectivity index (χ1n) is 8.96. The van der Waals surface area contributed by atoms with E-state index in [2.05, 4.69) is 46.1 Å². The molecule has 0 bridgehead atoms. The Morgan fingerprint density at radius 1 is 1.20 bits per heavy atom. The Morgan fingerprint density at radius 2 is 1.96 bits per heavy atom. The van der Waals surface area contributed by atoms with E-state index in [0.29, 0.717) is 12.0 Å². The third-order valence-corrected chi connectivity index (χ3v) is 4.74. The molecule has 25 heavy (non-hydrogen) atoms. The van der Waals surface area contributed by atoms with Gasteiger partial charge in [0.15, 0.2) is 0 Å². The molecule has 0 saturated heterocycles. The summed E-state index contributed by atoms with van der Waals surface area (Å²) in [6.07, 6.45) is 8.30. The normalized spacial score (nSPS) is 20.2. The number of hydrogen-bond donors (Lipinski definition) is 3. The highest BCUT2D eigenvalue weighted by atomic mass is 16.3. The maximum Gasteiger partial charge on any atom is 0.241 e. The van der Waals surface area contributed by atoms with Gasteiger partial charge in [-0.3, -0.25) is 9.48 Å². The topological polar surface area (TPSA) is 79.2 Å². The van der Waals surface area contributed by atoms with Crippen LogP contribution in [-0.4, -0.2) is 40.0 Å². The number of aliphatic hydroxyl groups excluding tert-OH is 1. The minimum atomic E-state index is -0.146. The van der Waals surface area contributed by atoms with E-state index in [0.717, 1.165) is 18.5 Å². The SMILES string of the molecule is O=C(Cn1cc(NC2CCC(c3ccccc3)CC2)cn1)NCCO. The summed E-state index contributed by atoms with van der Waals surface area (Å²) in [5, 5.41) is 19.1. The van der Waals surface area contributed by atoms with Crippen molar-refractivity contribution in [2.45, 2.75) is 44.2 Å². The lowest BCUT2D eigenvalue weighted by molar-refractivity contribution is -0.122. The number of nitrogens with zero attached hydrogens (tertiary/aromatic N) is 2. The number of aliphatic hydroxyl groups is 1. The fourth-order valence-electron chi connectivity index (χ4n) is 3.45. The molecule has 2 aromatic rings. The predicted octanol–water partition coefficient (Wildman–Crippen LogP) is 2.13. The lowest BCUT2D eigenvalue weighted by atomic mass is 9.82. The third-order valence-electron chi connectivity index (χ3n) is 4.74. The molecule has 0 atom stereocenters. The number of carbonyl (C=O) groups is 1. The van der Waals surface area contributed by atoms with Crippen LogP contribution in [0.1, 0.15) is 37.2 Å². The summed E-state index contributed by atoms with van der Waals surface area (Å²) in [5.74, 6) is 0.518. The molecule has 1 aliphatic carbocycles. The molecule has 0 spiro atoms. The first-order chi connectivity index (χ1) is 12.2. The molecule has 1 fully saturated rings. The van der Waals surface area contributed by atoms with Gasteiger partial charge in [-0.1, -0.05) is 30.3 Å². The molecular formula is C19H26N4O2. The summed E-state index contributed by atoms with van der Waals surface area (Å²) >= 11 is 0. The van der Waals surface area contributed by atoms with Crippen molar-refractivity contribution in [2.75, 3.05) is 18.5 Å². The number of carbonyl (C=O) groups excluding carboxylic acids is 1. The van der Waals surface area contributed by atoms with Crippen molar-refractivity contribution < 1.29 is 9.90 Å². The van der Waals surface area contributed by atoms with Crippen LogP contribution < -0.4 is 10.6 Å². The monoisotopic (exact) mass is 342 g/mol. The Balaban J connectivity index is 1.45. The second-order valence-corrected chi connectivity index (χ2v) is 6.60. The number of benzene rings is 1. The molecule has 1 aromatic heterocycles. The number of anilines is 1. The number of rotatable bonds is 7. The molecule has 0 radical (unpaired) electrons. The average molecular weight is 342 g/mol. The van der Waals surface area contributed by atoms with Gasteiger partial charge in [0.1, 0.15) is 6.54 Å². The molecule has 1 heterocycles. The van der Waals surface area contributed by atoms with Gasteiger partial charge in [0.25, 0.3) is 0 Å². The van der Waals surface area contributed by atoms with Crippen molar-refractivity contribution in [1.29, 1.82) is 0 Å². The van der Waals surface area contributed by atoms with Crippen LogP contribution in [0.4, 0.5) is 5.69 Å². The lowest BCUT2D eigenvalue weighted by Crippen LogP contribution is -2.30. The first kappa shape index (κ1) is 17.5. The molecule has 6 nitrogen and oxygen atoms in total. The van der Waals surface area contributed by atoms with E-state index in [9.17, 15) is 4.79 Å². The van der Waals surface area contributed by atoms with E-state index in [1.165, 1.54) is 18.4 Å². The Morgan fingerprint density at radius 3 is 2.68 bits per heavy atom. The standard InChI is InChI=1S/C19H26N4O2/c24-11-10-20-19(25)14-23-13-18(12-21-23)22-17-8-6-16(7-9-17)15-4-2-1-3-5-15/h1-5,12-13,16-17,22,24H,6-11,14H2,(H,20,25). The Bertz CT molecular complexity index is 663. The van der Waals surface area contributed by atoms with Crippen molar-refractivity contribution in [3.05, 3.63) is 48.3 Å². The van der Waals surface area contributed by atoms with Gasteiger partial charge in [-0.25, -0.2) is 0 Å². The second-order valence-electron chi connectivity index (χ2n) is 6.60. The van der Waals surface area contributed by atoms with Crippen molar-refractivity contribution in [1.82, 2.24) is 15.1 Å². The molecule has 134 valence electrons. The van der Waals surface area contributed by atoms with Gasteiger partial charge in [0, 0.05) is 18.8 Å². The third kappa shape index (κ3) is 5.06. The molecule has 0 unspecified atom stereocenters. The summed E-state index contributed by atoms with van der Waals surface area (Å²) in [5.41, 5.74) is 2.40. The minimum absolute atomic E-state index is 0.0523. The van der Waals surface area contributed by atoms with Crippen molar-refractivity contribution in [3.8, 4) is 0 Å². The molecule has 3 rings (SSSR count). The van der Waals surface area contributed by atoms with Crippen LogP contribution in [0.5, 0.6) is 0 Å². The smallest absolute Gasteiger partial charge is 0.241 e. The highest BCUT2D eigenvalue weighted by molar-refractivity contribution is 5.75. The van der Waals surface area contributed by atoms with Gasteiger partial charge in [0.05, 0.1) is 18.5 Å². The zero-order valence-electron chi connectivity index (χ0n) is 14.4. The van der Waals surface area contributed by atoms with E-state index >= 15 is 0 Å². The van der Waals surface area contributed by atoms with E-state index in [1.54, 1.807) is 10.9 Å². The summed E-state index contributed by atoms with van der Waals surface area (Å²) in [6.45, 7) is 0.390. The fraction of sp³-hybridized carbons (Fsp3) is 0.474. The van der Waals surface area contributed by atoms with Gasteiger partial charge in [0.2, 0.25) is 5.91 Å². The highest BCUT2D eigenvalue weighted by Crippen LogP contribution is 2.33. The second kappa shape index (κ2) is 8.67. The van der Waals surface area contributed by atoms with Crippen LogP contribution in [0.2, 0.25) is 0 Å². The van der Waals surface area contributed by atoms with Crippen LogP contribution in [-0.2, 0) is 11.3 Å². The minimum Gasteiger partial charge on any atom is -0.395 e. The van der Waals surface area contributed by atoms with Crippen LogP contribution in [0.25, 0.3) is 0 Å². The zero-order valence-corrected chi connectivity index (χ0v) is 14.4. The van der Waals surface area contributed by atoms with Crippen LogP contribution in [0, 0.1) is 0 Å². The Hall–Kier alpha value is -2.34. The molecular weight excluding hydrogens is 316 g/mol. The Labute approximate surface area is 148 Å².